The molecule has 138 valence electrons. The van der Waals surface area contributed by atoms with E-state index in [1.807, 2.05) is 0 Å². The molecule has 1 aliphatic rings. The molecule has 0 aromatic carbocycles. The molecular formula is C20H25N3OS2. The number of pyridine rings is 1. The van der Waals surface area contributed by atoms with Crippen molar-refractivity contribution < 1.29 is 4.74 Å². The molecule has 0 saturated heterocycles. The Morgan fingerprint density at radius 1 is 1.27 bits per heavy atom. The van der Waals surface area contributed by atoms with Crippen LogP contribution in [0, 0.1) is 0 Å². The van der Waals surface area contributed by atoms with E-state index in [2.05, 4.69) is 44.6 Å². The zero-order valence-electron chi connectivity index (χ0n) is 16.0. The summed E-state index contributed by atoms with van der Waals surface area (Å²) < 4.78 is 7.29. The van der Waals surface area contributed by atoms with E-state index in [-0.39, 0.29) is 5.60 Å². The standard InChI is InChI=1S/C20H25N3OS2/c1-6-7-14-13-9-24-20(4,5)8-12(13)15-16-17(26-18(15)23-14)19(22-10-21-16)25-11(2)3/h10-11H,6-9H2,1-5H3. The molecule has 0 spiro atoms. The first kappa shape index (κ1) is 18.1. The predicted octanol–water partition coefficient (Wildman–Crippen LogP) is 5.54. The third-order valence-electron chi connectivity index (χ3n) is 4.72. The van der Waals surface area contributed by atoms with Crippen LogP contribution in [0.3, 0.4) is 0 Å². The zero-order valence-corrected chi connectivity index (χ0v) is 17.7. The molecule has 3 aromatic rings. The van der Waals surface area contributed by atoms with Gasteiger partial charge in [-0.1, -0.05) is 27.2 Å². The highest BCUT2D eigenvalue weighted by atomic mass is 32.2. The number of hydrogen-bond donors (Lipinski definition) is 0. The molecular weight excluding hydrogens is 362 g/mol. The minimum absolute atomic E-state index is 0.151. The maximum Gasteiger partial charge on any atom is 0.126 e. The van der Waals surface area contributed by atoms with Crippen LogP contribution in [0.4, 0.5) is 0 Å². The van der Waals surface area contributed by atoms with Crippen LogP contribution in [-0.4, -0.2) is 25.8 Å². The molecule has 1 aliphatic heterocycles. The van der Waals surface area contributed by atoms with Crippen molar-refractivity contribution in [2.45, 2.75) is 76.4 Å². The molecule has 0 unspecified atom stereocenters. The monoisotopic (exact) mass is 387 g/mol. The second-order valence-electron chi connectivity index (χ2n) is 7.80. The Morgan fingerprint density at radius 2 is 2.08 bits per heavy atom. The lowest BCUT2D eigenvalue weighted by Gasteiger charge is -2.33. The van der Waals surface area contributed by atoms with E-state index in [9.17, 15) is 0 Å². The first-order valence-electron chi connectivity index (χ1n) is 9.28. The van der Waals surface area contributed by atoms with E-state index in [1.165, 1.54) is 26.9 Å². The maximum absolute atomic E-state index is 6.12. The van der Waals surface area contributed by atoms with Crippen molar-refractivity contribution in [1.29, 1.82) is 0 Å². The highest BCUT2D eigenvalue weighted by molar-refractivity contribution is 8.00. The van der Waals surface area contributed by atoms with Gasteiger partial charge in [-0.25, -0.2) is 15.0 Å². The van der Waals surface area contributed by atoms with Crippen LogP contribution in [0.25, 0.3) is 20.4 Å². The summed E-state index contributed by atoms with van der Waals surface area (Å²) in [7, 11) is 0. The molecule has 0 bridgehead atoms. The van der Waals surface area contributed by atoms with Crippen LogP contribution in [-0.2, 0) is 24.2 Å². The number of aryl methyl sites for hydroxylation is 1. The fourth-order valence-electron chi connectivity index (χ4n) is 3.60. The van der Waals surface area contributed by atoms with Crippen molar-refractivity contribution in [3.8, 4) is 0 Å². The number of aromatic nitrogens is 3. The molecule has 6 heteroatoms. The normalized spacial score (nSPS) is 16.5. The predicted molar refractivity (Wildman–Crippen MR) is 110 cm³/mol. The average molecular weight is 388 g/mol. The van der Waals surface area contributed by atoms with Crippen molar-refractivity contribution in [3.05, 3.63) is 23.1 Å². The van der Waals surface area contributed by atoms with E-state index in [1.54, 1.807) is 29.4 Å². The molecule has 0 aliphatic carbocycles. The van der Waals surface area contributed by atoms with Crippen molar-refractivity contribution in [1.82, 2.24) is 15.0 Å². The average Bonchev–Trinajstić information content (AvgIpc) is 2.93. The van der Waals surface area contributed by atoms with Crippen LogP contribution in [0.1, 0.15) is 57.9 Å². The largest absolute Gasteiger partial charge is 0.370 e. The third-order valence-corrected chi connectivity index (χ3v) is 6.93. The second-order valence-corrected chi connectivity index (χ2v) is 10.4. The number of nitrogens with zero attached hydrogens (tertiary/aromatic N) is 3. The third kappa shape index (κ3) is 3.12. The molecule has 0 amide bonds. The summed E-state index contributed by atoms with van der Waals surface area (Å²) in [5.74, 6) is 0. The molecule has 26 heavy (non-hydrogen) atoms. The van der Waals surface area contributed by atoms with Gasteiger partial charge in [0.2, 0.25) is 0 Å². The van der Waals surface area contributed by atoms with Crippen LogP contribution in [0.15, 0.2) is 11.4 Å². The number of rotatable bonds is 4. The van der Waals surface area contributed by atoms with Gasteiger partial charge in [-0.05, 0) is 25.8 Å². The van der Waals surface area contributed by atoms with Gasteiger partial charge in [0.1, 0.15) is 16.2 Å². The summed E-state index contributed by atoms with van der Waals surface area (Å²) in [6, 6.07) is 0. The van der Waals surface area contributed by atoms with Gasteiger partial charge in [0, 0.05) is 28.3 Å². The topological polar surface area (TPSA) is 47.9 Å². The SMILES string of the molecule is CCCc1nc2sc3c(SC(C)C)ncnc3c2c2c1COC(C)(C)C2. The highest BCUT2D eigenvalue weighted by Crippen LogP contribution is 2.43. The molecule has 0 radical (unpaired) electrons. The zero-order chi connectivity index (χ0) is 18.5. The Morgan fingerprint density at radius 3 is 2.81 bits per heavy atom. The Balaban J connectivity index is 2.03. The van der Waals surface area contributed by atoms with E-state index >= 15 is 0 Å². The lowest BCUT2D eigenvalue weighted by Crippen LogP contribution is -2.32. The summed E-state index contributed by atoms with van der Waals surface area (Å²) in [5.41, 5.74) is 4.78. The number of thiophene rings is 1. The lowest BCUT2D eigenvalue weighted by molar-refractivity contribution is -0.0401. The molecule has 4 heterocycles. The molecule has 4 rings (SSSR count). The molecule has 0 N–H and O–H groups in total. The Labute approximate surface area is 162 Å². The summed E-state index contributed by atoms with van der Waals surface area (Å²) >= 11 is 3.55. The summed E-state index contributed by atoms with van der Waals surface area (Å²) in [6.45, 7) is 11.6. The Kier molecular flexibility index (Phi) is 4.70. The fraction of sp³-hybridized carbons (Fsp3) is 0.550. The quantitative estimate of drug-likeness (QED) is 0.434. The van der Waals surface area contributed by atoms with Gasteiger partial charge in [0.15, 0.2) is 0 Å². The smallest absolute Gasteiger partial charge is 0.126 e. The number of fused-ring (bicyclic) bond motifs is 5. The molecule has 4 nitrogen and oxygen atoms in total. The summed E-state index contributed by atoms with van der Waals surface area (Å²) in [4.78, 5) is 15.4. The van der Waals surface area contributed by atoms with Gasteiger partial charge >= 0.3 is 0 Å². The number of ether oxygens (including phenoxy) is 1. The fourth-order valence-corrected chi connectivity index (χ4v) is 5.69. The van der Waals surface area contributed by atoms with Crippen molar-refractivity contribution in [2.24, 2.45) is 0 Å². The molecule has 0 saturated carbocycles. The molecule has 0 fully saturated rings. The summed E-state index contributed by atoms with van der Waals surface area (Å²) in [6.07, 6.45) is 4.69. The van der Waals surface area contributed by atoms with Gasteiger partial charge in [0.05, 0.1) is 22.4 Å². The first-order valence-corrected chi connectivity index (χ1v) is 11.0. The minimum atomic E-state index is -0.151. The van der Waals surface area contributed by atoms with Crippen molar-refractivity contribution in [2.75, 3.05) is 0 Å². The van der Waals surface area contributed by atoms with E-state index in [0.717, 1.165) is 34.6 Å². The van der Waals surface area contributed by atoms with Gasteiger partial charge < -0.3 is 4.74 Å². The van der Waals surface area contributed by atoms with E-state index < -0.39 is 0 Å². The van der Waals surface area contributed by atoms with Gasteiger partial charge in [-0.15, -0.1) is 23.1 Å². The van der Waals surface area contributed by atoms with Gasteiger partial charge in [-0.3, -0.25) is 0 Å². The number of hydrogen-bond acceptors (Lipinski definition) is 6. The maximum atomic E-state index is 6.12. The Bertz CT molecular complexity index is 978. The highest BCUT2D eigenvalue weighted by Gasteiger charge is 2.31. The van der Waals surface area contributed by atoms with E-state index in [0.29, 0.717) is 11.9 Å². The minimum Gasteiger partial charge on any atom is -0.370 e. The van der Waals surface area contributed by atoms with Gasteiger partial charge in [0.25, 0.3) is 0 Å². The molecule has 3 aromatic heterocycles. The Hall–Kier alpha value is -1.24. The van der Waals surface area contributed by atoms with Gasteiger partial charge in [-0.2, -0.15) is 0 Å². The lowest BCUT2D eigenvalue weighted by atomic mass is 9.88. The first-order chi connectivity index (χ1) is 12.4. The van der Waals surface area contributed by atoms with E-state index in [4.69, 9.17) is 9.72 Å². The van der Waals surface area contributed by atoms with Crippen LogP contribution >= 0.6 is 23.1 Å². The van der Waals surface area contributed by atoms with Crippen molar-refractivity contribution in [3.63, 3.8) is 0 Å². The van der Waals surface area contributed by atoms with Crippen LogP contribution in [0.2, 0.25) is 0 Å². The summed E-state index contributed by atoms with van der Waals surface area (Å²) in [5, 5.41) is 2.79. The number of thioether (sulfide) groups is 1. The van der Waals surface area contributed by atoms with Crippen LogP contribution in [0.5, 0.6) is 0 Å². The molecule has 0 atom stereocenters. The second kappa shape index (κ2) is 6.73. The van der Waals surface area contributed by atoms with Crippen molar-refractivity contribution >= 4 is 43.5 Å². The van der Waals surface area contributed by atoms with Crippen LogP contribution < -0.4 is 0 Å².